The standard InChI is InChI=1S/C15H12O5S/c16-11(8-12(17)15(18)19)14-13(6-7-21-14)20-9-10-4-2-1-3-5-10/h1-7H,8-9H2,(H,18,19). The molecule has 108 valence electrons. The molecule has 0 amide bonds. The molecular formula is C15H12O5S. The first kappa shape index (κ1) is 14.9. The molecule has 2 rings (SSSR count). The van der Waals surface area contributed by atoms with Gasteiger partial charge in [-0.3, -0.25) is 9.59 Å². The summed E-state index contributed by atoms with van der Waals surface area (Å²) in [6.07, 6.45) is -0.655. The van der Waals surface area contributed by atoms with E-state index in [0.717, 1.165) is 16.9 Å². The molecule has 0 bridgehead atoms. The van der Waals surface area contributed by atoms with E-state index in [0.29, 0.717) is 12.4 Å². The Morgan fingerprint density at radius 1 is 1.10 bits per heavy atom. The molecule has 0 spiro atoms. The van der Waals surface area contributed by atoms with Crippen molar-refractivity contribution in [1.29, 1.82) is 0 Å². The minimum Gasteiger partial charge on any atom is -0.487 e. The van der Waals surface area contributed by atoms with Gasteiger partial charge in [-0.2, -0.15) is 0 Å². The van der Waals surface area contributed by atoms with Crippen molar-refractivity contribution in [3.05, 3.63) is 52.2 Å². The molecule has 0 aliphatic rings. The molecule has 1 aromatic heterocycles. The quantitative estimate of drug-likeness (QED) is 0.483. The van der Waals surface area contributed by atoms with E-state index in [2.05, 4.69) is 0 Å². The molecule has 0 radical (unpaired) electrons. The molecule has 0 unspecified atom stereocenters. The van der Waals surface area contributed by atoms with Gasteiger partial charge in [0.1, 0.15) is 17.2 Å². The van der Waals surface area contributed by atoms with Crippen LogP contribution in [0.15, 0.2) is 41.8 Å². The third-order valence-electron chi connectivity index (χ3n) is 2.68. The van der Waals surface area contributed by atoms with E-state index in [1.54, 1.807) is 11.4 Å². The molecule has 21 heavy (non-hydrogen) atoms. The van der Waals surface area contributed by atoms with Crippen molar-refractivity contribution >= 4 is 28.9 Å². The number of aliphatic carboxylic acids is 1. The molecule has 0 aliphatic heterocycles. The van der Waals surface area contributed by atoms with E-state index in [9.17, 15) is 14.4 Å². The van der Waals surface area contributed by atoms with Crippen molar-refractivity contribution in [3.8, 4) is 5.75 Å². The van der Waals surface area contributed by atoms with Crippen LogP contribution < -0.4 is 4.74 Å². The first-order valence-corrected chi connectivity index (χ1v) is 6.99. The molecule has 6 heteroatoms. The molecule has 5 nitrogen and oxygen atoms in total. The highest BCUT2D eigenvalue weighted by Crippen LogP contribution is 2.27. The molecular weight excluding hydrogens is 292 g/mol. The van der Waals surface area contributed by atoms with Crippen LogP contribution in [0.5, 0.6) is 5.75 Å². The summed E-state index contributed by atoms with van der Waals surface area (Å²) in [5.74, 6) is -2.90. The van der Waals surface area contributed by atoms with Gasteiger partial charge in [0.05, 0.1) is 6.42 Å². The van der Waals surface area contributed by atoms with Gasteiger partial charge < -0.3 is 9.84 Å². The van der Waals surface area contributed by atoms with Gasteiger partial charge in [-0.05, 0) is 17.0 Å². The third-order valence-corrected chi connectivity index (χ3v) is 3.62. The van der Waals surface area contributed by atoms with Crippen molar-refractivity contribution in [3.63, 3.8) is 0 Å². The van der Waals surface area contributed by atoms with E-state index >= 15 is 0 Å². The maximum absolute atomic E-state index is 11.9. The molecule has 0 aliphatic carbocycles. The second-order valence-corrected chi connectivity index (χ2v) is 5.13. The summed E-state index contributed by atoms with van der Waals surface area (Å²) in [4.78, 5) is 33.7. The molecule has 0 fully saturated rings. The van der Waals surface area contributed by atoms with E-state index in [1.165, 1.54) is 0 Å². The highest BCUT2D eigenvalue weighted by Gasteiger charge is 2.21. The Hall–Kier alpha value is -2.47. The number of hydrogen-bond acceptors (Lipinski definition) is 5. The average Bonchev–Trinajstić information content (AvgIpc) is 2.94. The fourth-order valence-corrected chi connectivity index (χ4v) is 2.43. The largest absolute Gasteiger partial charge is 0.487 e. The van der Waals surface area contributed by atoms with Gasteiger partial charge in [0.15, 0.2) is 5.78 Å². The lowest BCUT2D eigenvalue weighted by Crippen LogP contribution is -2.17. The Labute approximate surface area is 124 Å². The normalized spacial score (nSPS) is 10.1. The van der Waals surface area contributed by atoms with Gasteiger partial charge in [-0.25, -0.2) is 4.79 Å². The molecule has 0 saturated heterocycles. The lowest BCUT2D eigenvalue weighted by atomic mass is 10.1. The number of rotatable bonds is 7. The van der Waals surface area contributed by atoms with E-state index in [1.807, 2.05) is 30.3 Å². The summed E-state index contributed by atoms with van der Waals surface area (Å²) in [5.41, 5.74) is 0.948. The zero-order valence-corrected chi connectivity index (χ0v) is 11.8. The van der Waals surface area contributed by atoms with Gasteiger partial charge in [0.2, 0.25) is 5.78 Å². The van der Waals surface area contributed by atoms with E-state index < -0.39 is 24.0 Å². The van der Waals surface area contributed by atoms with Crippen molar-refractivity contribution in [1.82, 2.24) is 0 Å². The number of benzene rings is 1. The van der Waals surface area contributed by atoms with Crippen LogP contribution >= 0.6 is 11.3 Å². The average molecular weight is 304 g/mol. The number of ketones is 2. The van der Waals surface area contributed by atoms with Crippen molar-refractivity contribution in [2.75, 3.05) is 0 Å². The predicted octanol–water partition coefficient (Wildman–Crippen LogP) is 2.55. The Balaban J connectivity index is 2.03. The Bertz CT molecular complexity index is 660. The lowest BCUT2D eigenvalue weighted by Gasteiger charge is -2.06. The number of carbonyl (C=O) groups is 3. The Morgan fingerprint density at radius 3 is 2.48 bits per heavy atom. The minimum atomic E-state index is -1.60. The Kier molecular flexibility index (Phi) is 4.84. The summed E-state index contributed by atoms with van der Waals surface area (Å²) in [7, 11) is 0. The predicted molar refractivity (Wildman–Crippen MR) is 76.7 cm³/mol. The van der Waals surface area contributed by atoms with Gasteiger partial charge in [-0.15, -0.1) is 11.3 Å². The first-order valence-electron chi connectivity index (χ1n) is 6.11. The topological polar surface area (TPSA) is 80.7 Å². The second kappa shape index (κ2) is 6.81. The zero-order valence-electron chi connectivity index (χ0n) is 10.9. The first-order chi connectivity index (χ1) is 10.1. The number of thiophene rings is 1. The van der Waals surface area contributed by atoms with Gasteiger partial charge in [-0.1, -0.05) is 30.3 Å². The molecule has 0 saturated carbocycles. The van der Waals surface area contributed by atoms with Gasteiger partial charge in [0.25, 0.3) is 0 Å². The van der Waals surface area contributed by atoms with Crippen LogP contribution in [-0.2, 0) is 16.2 Å². The molecule has 2 aromatic rings. The van der Waals surface area contributed by atoms with Crippen LogP contribution in [-0.4, -0.2) is 22.6 Å². The van der Waals surface area contributed by atoms with Crippen LogP contribution in [0.1, 0.15) is 21.7 Å². The maximum atomic E-state index is 11.9. The summed E-state index contributed by atoms with van der Waals surface area (Å²) >= 11 is 1.13. The third kappa shape index (κ3) is 4.00. The molecule has 1 heterocycles. The lowest BCUT2D eigenvalue weighted by molar-refractivity contribution is -0.148. The second-order valence-electron chi connectivity index (χ2n) is 4.22. The highest BCUT2D eigenvalue weighted by atomic mass is 32.1. The number of ether oxygens (including phenoxy) is 1. The summed E-state index contributed by atoms with van der Waals surface area (Å²) in [6.45, 7) is 0.296. The monoisotopic (exact) mass is 304 g/mol. The van der Waals surface area contributed by atoms with Gasteiger partial charge >= 0.3 is 5.97 Å². The SMILES string of the molecule is O=C(O)C(=O)CC(=O)c1sccc1OCc1ccccc1. The minimum absolute atomic E-state index is 0.264. The van der Waals surface area contributed by atoms with Crippen LogP contribution in [0.3, 0.4) is 0 Å². The smallest absolute Gasteiger partial charge is 0.372 e. The molecule has 1 N–H and O–H groups in total. The van der Waals surface area contributed by atoms with E-state index in [-0.39, 0.29) is 4.88 Å². The van der Waals surface area contributed by atoms with Gasteiger partial charge in [0, 0.05) is 0 Å². The summed E-state index contributed by atoms with van der Waals surface area (Å²) in [5, 5.41) is 10.2. The number of Topliss-reactive ketones (excluding diaryl/α,β-unsaturated/α-hetero) is 2. The fourth-order valence-electron chi connectivity index (χ4n) is 1.65. The van der Waals surface area contributed by atoms with Crippen LogP contribution in [0.2, 0.25) is 0 Å². The Morgan fingerprint density at radius 2 is 1.81 bits per heavy atom. The van der Waals surface area contributed by atoms with Crippen molar-refractivity contribution in [2.45, 2.75) is 13.0 Å². The number of carboxylic acid groups (broad SMARTS) is 1. The van der Waals surface area contributed by atoms with Crippen molar-refractivity contribution in [2.24, 2.45) is 0 Å². The van der Waals surface area contributed by atoms with Crippen LogP contribution in [0.25, 0.3) is 0 Å². The van der Waals surface area contributed by atoms with Crippen LogP contribution in [0, 0.1) is 0 Å². The molecule has 0 atom stereocenters. The maximum Gasteiger partial charge on any atom is 0.372 e. The summed E-state index contributed by atoms with van der Waals surface area (Å²) in [6, 6.07) is 11.1. The fraction of sp³-hybridized carbons (Fsp3) is 0.133. The summed E-state index contributed by atoms with van der Waals surface area (Å²) < 4.78 is 5.56. The number of carbonyl (C=O) groups excluding carboxylic acids is 2. The highest BCUT2D eigenvalue weighted by molar-refractivity contribution is 7.12. The van der Waals surface area contributed by atoms with E-state index in [4.69, 9.17) is 9.84 Å². The zero-order chi connectivity index (χ0) is 15.2. The van der Waals surface area contributed by atoms with Crippen LogP contribution in [0.4, 0.5) is 0 Å². The molecule has 1 aromatic carbocycles. The van der Waals surface area contributed by atoms with Crippen molar-refractivity contribution < 1.29 is 24.2 Å². The number of carboxylic acids is 1. The number of hydrogen-bond donors (Lipinski definition) is 1.